The molecular weight excluding hydrogens is 722 g/mol. The third kappa shape index (κ3) is 7.20. The van der Waals surface area contributed by atoms with Crippen molar-refractivity contribution in [1.29, 1.82) is 0 Å². The van der Waals surface area contributed by atoms with Gasteiger partial charge in [-0.25, -0.2) is 0 Å². The second-order valence-corrected chi connectivity index (χ2v) is 20.9. The van der Waals surface area contributed by atoms with Crippen LogP contribution in [0.15, 0.2) is 72.8 Å². The smallest absolute Gasteiger partial charge is 0.399 e. The van der Waals surface area contributed by atoms with E-state index in [1.54, 1.807) is 16.7 Å². The fraction of sp³-hybridized carbons (Fsp3) is 0.547. The Labute approximate surface area is 356 Å². The van der Waals surface area contributed by atoms with Crippen molar-refractivity contribution in [2.75, 3.05) is 0 Å². The van der Waals surface area contributed by atoms with Gasteiger partial charge < -0.3 is 18.6 Å². The first-order valence-corrected chi connectivity index (χ1v) is 23.4. The van der Waals surface area contributed by atoms with E-state index in [0.29, 0.717) is 5.92 Å². The van der Waals surface area contributed by atoms with E-state index in [2.05, 4.69) is 135 Å². The first-order valence-electron chi connectivity index (χ1n) is 23.4. The maximum atomic E-state index is 6.77. The molecule has 0 saturated carbocycles. The van der Waals surface area contributed by atoms with E-state index in [-0.39, 0.29) is 5.41 Å². The molecule has 4 nitrogen and oxygen atoms in total. The van der Waals surface area contributed by atoms with Crippen LogP contribution >= 0.6 is 0 Å². The van der Waals surface area contributed by atoms with Crippen molar-refractivity contribution < 1.29 is 18.6 Å². The van der Waals surface area contributed by atoms with Crippen LogP contribution in [-0.4, -0.2) is 36.6 Å². The maximum Gasteiger partial charge on any atom is 0.494 e. The monoisotopic (exact) mass is 791 g/mol. The molecule has 2 saturated heterocycles. The Balaban J connectivity index is 1.15. The summed E-state index contributed by atoms with van der Waals surface area (Å²) in [5, 5.41) is 0. The number of hydrogen-bond donors (Lipinski definition) is 0. The topological polar surface area (TPSA) is 36.9 Å². The minimum absolute atomic E-state index is 0.253. The van der Waals surface area contributed by atoms with Gasteiger partial charge in [-0.3, -0.25) is 0 Å². The molecule has 1 unspecified atom stereocenters. The van der Waals surface area contributed by atoms with Gasteiger partial charge in [0.15, 0.2) is 0 Å². The van der Waals surface area contributed by atoms with E-state index in [1.807, 2.05) is 0 Å². The summed E-state index contributed by atoms with van der Waals surface area (Å²) in [4.78, 5) is 0. The Hall–Kier alpha value is -3.15. The molecule has 0 N–H and O–H groups in total. The first-order chi connectivity index (χ1) is 28.1. The Bertz CT molecular complexity index is 2100. The third-order valence-corrected chi connectivity index (χ3v) is 16.1. The van der Waals surface area contributed by atoms with Gasteiger partial charge in [0.25, 0.3) is 0 Å². The molecule has 0 radical (unpaired) electrons. The Morgan fingerprint density at radius 2 is 1.02 bits per heavy atom. The number of fused-ring (bicyclic) bond motifs is 5. The predicted molar refractivity (Wildman–Crippen MR) is 245 cm³/mol. The Morgan fingerprint density at radius 1 is 0.508 bits per heavy atom. The molecule has 0 aromatic heterocycles. The molecule has 310 valence electrons. The first kappa shape index (κ1) is 41.2. The number of aryl methyl sites for hydroxylation is 5. The Morgan fingerprint density at radius 3 is 1.51 bits per heavy atom. The van der Waals surface area contributed by atoms with Gasteiger partial charge in [0, 0.05) is 5.41 Å². The molecule has 2 aliphatic heterocycles. The fourth-order valence-corrected chi connectivity index (χ4v) is 10.8. The van der Waals surface area contributed by atoms with Crippen molar-refractivity contribution in [2.24, 2.45) is 0 Å². The lowest BCUT2D eigenvalue weighted by atomic mass is 9.60. The van der Waals surface area contributed by atoms with Crippen LogP contribution in [0.3, 0.4) is 0 Å². The zero-order chi connectivity index (χ0) is 41.4. The molecule has 4 aromatic carbocycles. The SMILES string of the molecule is CCCCCC(c1ccc2c(c1)CC2)C1(CCCCCCc2ccc3c(c2)CC3)c2cc(B3OC(C)(C)C(C)(C)O3)ccc2-c2ccc(B3OC(C)(C)C(C)(C)O3)cc21. The van der Waals surface area contributed by atoms with Gasteiger partial charge >= 0.3 is 14.2 Å². The molecular formula is C53H68B2O4. The highest BCUT2D eigenvalue weighted by atomic mass is 16.7. The molecule has 5 aliphatic rings. The summed E-state index contributed by atoms with van der Waals surface area (Å²) in [5.41, 5.74) is 15.1. The molecule has 0 bridgehead atoms. The summed E-state index contributed by atoms with van der Waals surface area (Å²) in [5.74, 6) is 0.310. The average molecular weight is 791 g/mol. The molecule has 0 spiro atoms. The predicted octanol–water partition coefficient (Wildman–Crippen LogP) is 11.3. The summed E-state index contributed by atoms with van der Waals surface area (Å²) >= 11 is 0. The zero-order valence-electron chi connectivity index (χ0n) is 37.7. The highest BCUT2D eigenvalue weighted by Gasteiger charge is 2.55. The van der Waals surface area contributed by atoms with Crippen LogP contribution in [0.2, 0.25) is 0 Å². The van der Waals surface area contributed by atoms with E-state index >= 15 is 0 Å². The van der Waals surface area contributed by atoms with Crippen molar-refractivity contribution in [3.63, 3.8) is 0 Å². The van der Waals surface area contributed by atoms with E-state index in [0.717, 1.165) is 23.8 Å². The van der Waals surface area contributed by atoms with E-state index in [4.69, 9.17) is 18.6 Å². The third-order valence-electron chi connectivity index (χ3n) is 16.1. The van der Waals surface area contributed by atoms with E-state index < -0.39 is 36.6 Å². The van der Waals surface area contributed by atoms with Gasteiger partial charge in [0.05, 0.1) is 22.4 Å². The lowest BCUT2D eigenvalue weighted by Crippen LogP contribution is -2.41. The van der Waals surface area contributed by atoms with Crippen LogP contribution in [0, 0.1) is 0 Å². The summed E-state index contributed by atoms with van der Waals surface area (Å²) in [6.07, 6.45) is 16.8. The van der Waals surface area contributed by atoms with Crippen molar-refractivity contribution in [3.05, 3.63) is 117 Å². The van der Waals surface area contributed by atoms with Crippen LogP contribution in [0.1, 0.15) is 171 Å². The summed E-state index contributed by atoms with van der Waals surface area (Å²) in [6.45, 7) is 19.6. The van der Waals surface area contributed by atoms with Gasteiger partial charge in [-0.1, -0.05) is 118 Å². The molecule has 2 fully saturated rings. The second kappa shape index (κ2) is 15.3. The second-order valence-electron chi connectivity index (χ2n) is 20.9. The summed E-state index contributed by atoms with van der Waals surface area (Å²) < 4.78 is 27.1. The van der Waals surface area contributed by atoms with Gasteiger partial charge in [0.2, 0.25) is 0 Å². The quantitative estimate of drug-likeness (QED) is 0.0888. The minimum atomic E-state index is -0.419. The number of unbranched alkanes of at least 4 members (excludes halogenated alkanes) is 5. The van der Waals surface area contributed by atoms with Gasteiger partial charge in [-0.2, -0.15) is 0 Å². The normalized spacial score (nSPS) is 21.3. The van der Waals surface area contributed by atoms with Crippen molar-refractivity contribution in [2.45, 2.75) is 186 Å². The van der Waals surface area contributed by atoms with Crippen molar-refractivity contribution in [1.82, 2.24) is 0 Å². The van der Waals surface area contributed by atoms with Crippen LogP contribution in [-0.2, 0) is 56.1 Å². The highest BCUT2D eigenvalue weighted by molar-refractivity contribution is 6.62. The summed E-state index contributed by atoms with van der Waals surface area (Å²) in [7, 11) is -0.839. The lowest BCUT2D eigenvalue weighted by Gasteiger charge is -2.42. The molecule has 59 heavy (non-hydrogen) atoms. The van der Waals surface area contributed by atoms with Gasteiger partial charge in [0.1, 0.15) is 0 Å². The maximum absolute atomic E-state index is 6.77. The van der Waals surface area contributed by atoms with Gasteiger partial charge in [-0.05, 0) is 179 Å². The van der Waals surface area contributed by atoms with E-state index in [1.165, 1.54) is 116 Å². The fourth-order valence-electron chi connectivity index (χ4n) is 10.8. The molecule has 0 amide bonds. The van der Waals surface area contributed by atoms with Crippen molar-refractivity contribution in [3.8, 4) is 11.1 Å². The van der Waals surface area contributed by atoms with Crippen LogP contribution < -0.4 is 10.9 Å². The lowest BCUT2D eigenvalue weighted by molar-refractivity contribution is 0.00578. The number of benzene rings is 4. The highest BCUT2D eigenvalue weighted by Crippen LogP contribution is 2.59. The van der Waals surface area contributed by atoms with Crippen LogP contribution in [0.4, 0.5) is 0 Å². The largest absolute Gasteiger partial charge is 0.494 e. The molecule has 6 heteroatoms. The summed E-state index contributed by atoms with van der Waals surface area (Å²) in [6, 6.07) is 29.1. The standard InChI is InChI=1S/C53H68B2O4/c1-10-11-14-18-46(41-26-23-38-22-25-40(38)33-41)53(31-16-13-12-15-17-36-19-20-37-21-24-39(37)32-36)47-34-42(54-56-49(2,3)50(4,5)57-54)27-29-44(47)45-30-28-43(35-48(45)53)55-58-51(6,7)52(8,9)59-55/h19-20,23,26-30,32-35,46H,10-18,21-22,24-25,31H2,1-9H3. The van der Waals surface area contributed by atoms with Crippen LogP contribution in [0.25, 0.3) is 11.1 Å². The molecule has 3 aliphatic carbocycles. The average Bonchev–Trinajstić information content (AvgIpc) is 3.67. The Kier molecular flexibility index (Phi) is 10.7. The number of rotatable bonds is 15. The molecule has 4 aromatic rings. The van der Waals surface area contributed by atoms with Gasteiger partial charge in [-0.15, -0.1) is 0 Å². The van der Waals surface area contributed by atoms with Crippen LogP contribution in [0.5, 0.6) is 0 Å². The number of hydrogen-bond acceptors (Lipinski definition) is 4. The van der Waals surface area contributed by atoms with E-state index in [9.17, 15) is 0 Å². The molecule has 1 atom stereocenters. The minimum Gasteiger partial charge on any atom is -0.399 e. The zero-order valence-corrected chi connectivity index (χ0v) is 37.7. The molecule has 2 heterocycles. The molecule has 9 rings (SSSR count). The van der Waals surface area contributed by atoms with Crippen molar-refractivity contribution >= 4 is 25.2 Å².